The maximum atomic E-state index is 12.8. The number of nitrogens with one attached hydrogen (secondary N) is 1. The van der Waals surface area contributed by atoms with Crippen LogP contribution in [0.4, 0.5) is 5.69 Å². The molecule has 2 aliphatic rings. The van der Waals surface area contributed by atoms with E-state index >= 15 is 0 Å². The fraction of sp³-hybridized carbons (Fsp3) is 0.600. The van der Waals surface area contributed by atoms with Gasteiger partial charge in [-0.15, -0.1) is 0 Å². The summed E-state index contributed by atoms with van der Waals surface area (Å²) in [7, 11) is 0. The number of carbonyl (C=O) groups is 1. The number of carbonyl (C=O) groups excluding carboxylic acids is 1. The van der Waals surface area contributed by atoms with Crippen LogP contribution in [0.25, 0.3) is 0 Å². The van der Waals surface area contributed by atoms with Crippen LogP contribution in [-0.4, -0.2) is 24.0 Å². The van der Waals surface area contributed by atoms with E-state index in [1.165, 1.54) is 16.8 Å². The van der Waals surface area contributed by atoms with E-state index in [0.717, 1.165) is 51.5 Å². The Kier molecular flexibility index (Phi) is 4.80. The zero-order valence-electron chi connectivity index (χ0n) is 14.8. The highest BCUT2D eigenvalue weighted by atomic mass is 16.2. The van der Waals surface area contributed by atoms with E-state index in [1.807, 2.05) is 6.92 Å². The largest absolute Gasteiger partial charge is 0.360 e. The van der Waals surface area contributed by atoms with Gasteiger partial charge in [-0.2, -0.15) is 5.26 Å². The molecule has 1 aliphatic heterocycles. The summed E-state index contributed by atoms with van der Waals surface area (Å²) in [6, 6.07) is 8.60. The second kappa shape index (κ2) is 6.84. The van der Waals surface area contributed by atoms with Crippen molar-refractivity contribution in [3.63, 3.8) is 0 Å². The van der Waals surface area contributed by atoms with E-state index in [9.17, 15) is 10.1 Å². The Morgan fingerprint density at radius 2 is 2.04 bits per heavy atom. The monoisotopic (exact) mass is 325 g/mol. The molecule has 0 aromatic heterocycles. The molecular formula is C20H27N3O. The summed E-state index contributed by atoms with van der Waals surface area (Å²) in [4.78, 5) is 15.0. The van der Waals surface area contributed by atoms with Gasteiger partial charge in [-0.25, -0.2) is 0 Å². The van der Waals surface area contributed by atoms with E-state index in [1.54, 1.807) is 0 Å². The fourth-order valence-corrected chi connectivity index (χ4v) is 4.06. The van der Waals surface area contributed by atoms with Gasteiger partial charge in [0.1, 0.15) is 11.6 Å². The zero-order chi connectivity index (χ0) is 17.2. The third-order valence-corrected chi connectivity index (χ3v) is 5.52. The minimum Gasteiger partial charge on any atom is -0.360 e. The predicted molar refractivity (Wildman–Crippen MR) is 95.9 cm³/mol. The summed E-state index contributed by atoms with van der Waals surface area (Å²) in [5.74, 6) is -0.0214. The topological polar surface area (TPSA) is 56.1 Å². The van der Waals surface area contributed by atoms with Gasteiger partial charge in [0, 0.05) is 12.2 Å². The van der Waals surface area contributed by atoms with Gasteiger partial charge in [0.15, 0.2) is 0 Å². The van der Waals surface area contributed by atoms with Crippen molar-refractivity contribution in [1.29, 1.82) is 5.26 Å². The molecule has 4 nitrogen and oxygen atoms in total. The van der Waals surface area contributed by atoms with Gasteiger partial charge in [-0.3, -0.25) is 4.79 Å². The smallest absolute Gasteiger partial charge is 0.243 e. The summed E-state index contributed by atoms with van der Waals surface area (Å²) in [6.45, 7) is 4.96. The molecule has 1 saturated carbocycles. The second-order valence-electron chi connectivity index (χ2n) is 7.35. The van der Waals surface area contributed by atoms with Gasteiger partial charge in [-0.05, 0) is 51.2 Å². The van der Waals surface area contributed by atoms with Crippen molar-refractivity contribution in [3.8, 4) is 6.07 Å². The molecule has 0 saturated heterocycles. The van der Waals surface area contributed by atoms with Crippen molar-refractivity contribution < 1.29 is 4.79 Å². The van der Waals surface area contributed by atoms with Crippen molar-refractivity contribution in [3.05, 3.63) is 29.3 Å². The summed E-state index contributed by atoms with van der Waals surface area (Å²) >= 11 is 0. The molecule has 24 heavy (non-hydrogen) atoms. The Balaban J connectivity index is 1.76. The van der Waals surface area contributed by atoms with E-state index in [4.69, 9.17) is 0 Å². The first kappa shape index (κ1) is 16.8. The van der Waals surface area contributed by atoms with Crippen LogP contribution in [0.15, 0.2) is 18.2 Å². The molecule has 1 heterocycles. The highest BCUT2D eigenvalue weighted by Crippen LogP contribution is 2.31. The van der Waals surface area contributed by atoms with Gasteiger partial charge in [-0.1, -0.05) is 37.0 Å². The number of amides is 1. The van der Waals surface area contributed by atoms with E-state index in [-0.39, 0.29) is 11.9 Å². The van der Waals surface area contributed by atoms with E-state index in [0.29, 0.717) is 0 Å². The summed E-state index contributed by atoms with van der Waals surface area (Å²) in [5.41, 5.74) is 3.10. The first-order chi connectivity index (χ1) is 11.5. The molecule has 0 radical (unpaired) electrons. The summed E-state index contributed by atoms with van der Waals surface area (Å²) in [6.07, 6.45) is 6.90. The molecule has 128 valence electrons. The molecule has 1 N–H and O–H groups in total. The fourth-order valence-electron chi connectivity index (χ4n) is 4.06. The maximum absolute atomic E-state index is 12.8. The summed E-state index contributed by atoms with van der Waals surface area (Å²) < 4.78 is 0. The van der Waals surface area contributed by atoms with Gasteiger partial charge >= 0.3 is 0 Å². The SMILES string of the molecule is Cc1ccc2c(c1)CCCN2[C@@H](C)C(=O)NC1(C#N)CCCCC1. The molecule has 0 bridgehead atoms. The number of nitriles is 1. The molecule has 1 atom stereocenters. The van der Waals surface area contributed by atoms with Gasteiger partial charge < -0.3 is 10.2 Å². The van der Waals surface area contributed by atoms with Crippen LogP contribution in [0.5, 0.6) is 0 Å². The first-order valence-electron chi connectivity index (χ1n) is 9.14. The van der Waals surface area contributed by atoms with Crippen molar-refractivity contribution in [1.82, 2.24) is 5.32 Å². The quantitative estimate of drug-likeness (QED) is 0.925. The molecule has 3 rings (SSSR count). The standard InChI is InChI=1S/C20H27N3O/c1-15-8-9-18-17(13-15)7-6-12-23(18)16(2)19(24)22-20(14-21)10-4-3-5-11-20/h8-9,13,16H,3-7,10-12H2,1-2H3,(H,22,24)/t16-/m0/s1. The van der Waals surface area contributed by atoms with Crippen molar-refractivity contribution in [2.75, 3.05) is 11.4 Å². The Bertz CT molecular complexity index is 655. The molecular weight excluding hydrogens is 298 g/mol. The Morgan fingerprint density at radius 1 is 1.29 bits per heavy atom. The zero-order valence-corrected chi connectivity index (χ0v) is 14.8. The number of nitrogens with zero attached hydrogens (tertiary/aromatic N) is 2. The highest BCUT2D eigenvalue weighted by molar-refractivity contribution is 5.86. The minimum atomic E-state index is -0.657. The molecule has 1 aromatic carbocycles. The van der Waals surface area contributed by atoms with Crippen molar-refractivity contribution in [2.24, 2.45) is 0 Å². The Morgan fingerprint density at radius 3 is 2.75 bits per heavy atom. The third-order valence-electron chi connectivity index (χ3n) is 5.52. The predicted octanol–water partition coefficient (Wildman–Crippen LogP) is 3.48. The number of aryl methyl sites for hydroxylation is 2. The lowest BCUT2D eigenvalue weighted by atomic mass is 9.82. The Labute approximate surface area is 144 Å². The maximum Gasteiger partial charge on any atom is 0.243 e. The molecule has 0 spiro atoms. The minimum absolute atomic E-state index is 0.0214. The van der Waals surface area contributed by atoms with Crippen LogP contribution in [-0.2, 0) is 11.2 Å². The second-order valence-corrected chi connectivity index (χ2v) is 7.35. The number of hydrogen-bond acceptors (Lipinski definition) is 3. The number of hydrogen-bond donors (Lipinski definition) is 1. The average Bonchev–Trinajstić information content (AvgIpc) is 2.61. The first-order valence-corrected chi connectivity index (χ1v) is 9.14. The number of rotatable bonds is 3. The molecule has 0 unspecified atom stereocenters. The molecule has 4 heteroatoms. The lowest BCUT2D eigenvalue weighted by Gasteiger charge is -2.38. The van der Waals surface area contributed by atoms with Gasteiger partial charge in [0.05, 0.1) is 6.07 Å². The lowest BCUT2D eigenvalue weighted by molar-refractivity contribution is -0.123. The molecule has 1 fully saturated rings. The number of benzene rings is 1. The van der Waals surface area contributed by atoms with Crippen LogP contribution in [0.1, 0.15) is 56.6 Å². The van der Waals surface area contributed by atoms with Crippen molar-refractivity contribution in [2.45, 2.75) is 70.4 Å². The lowest BCUT2D eigenvalue weighted by Crippen LogP contribution is -2.55. The van der Waals surface area contributed by atoms with Crippen LogP contribution >= 0.6 is 0 Å². The van der Waals surface area contributed by atoms with E-state index < -0.39 is 5.54 Å². The molecule has 1 aromatic rings. The normalized spacial score (nSPS) is 20.6. The van der Waals surface area contributed by atoms with Crippen LogP contribution in [0.2, 0.25) is 0 Å². The van der Waals surface area contributed by atoms with E-state index in [2.05, 4.69) is 41.4 Å². The highest BCUT2D eigenvalue weighted by Gasteiger charge is 2.36. The number of fused-ring (bicyclic) bond motifs is 1. The number of anilines is 1. The van der Waals surface area contributed by atoms with Gasteiger partial charge in [0.25, 0.3) is 0 Å². The van der Waals surface area contributed by atoms with Crippen LogP contribution in [0, 0.1) is 18.3 Å². The molecule has 1 amide bonds. The third kappa shape index (κ3) is 3.26. The average molecular weight is 325 g/mol. The van der Waals surface area contributed by atoms with Crippen LogP contribution in [0.3, 0.4) is 0 Å². The van der Waals surface area contributed by atoms with Crippen molar-refractivity contribution >= 4 is 11.6 Å². The van der Waals surface area contributed by atoms with Gasteiger partial charge in [0.2, 0.25) is 5.91 Å². The summed E-state index contributed by atoms with van der Waals surface area (Å²) in [5, 5.41) is 12.7. The van der Waals surface area contributed by atoms with Crippen LogP contribution < -0.4 is 10.2 Å². The Hall–Kier alpha value is -2.02. The molecule has 1 aliphatic carbocycles.